The van der Waals surface area contributed by atoms with Crippen LogP contribution in [0.15, 0.2) is 6.33 Å². The van der Waals surface area contributed by atoms with Crippen molar-refractivity contribution in [1.29, 1.82) is 0 Å². The van der Waals surface area contributed by atoms with Crippen LogP contribution in [0.4, 0.5) is 5.95 Å². The molecule has 212 valence electrons. The number of carbonyl (C=O) groups is 2. The molecule has 1 aliphatic heterocycles. The Kier molecular flexibility index (Phi) is 10.7. The van der Waals surface area contributed by atoms with Crippen molar-refractivity contribution < 1.29 is 47.4 Å². The van der Waals surface area contributed by atoms with Gasteiger partial charge < -0.3 is 34.9 Å². The first-order valence-corrected chi connectivity index (χ1v) is 14.0. The fourth-order valence-electron chi connectivity index (χ4n) is 3.60. The van der Waals surface area contributed by atoms with Gasteiger partial charge in [0, 0.05) is 19.3 Å². The van der Waals surface area contributed by atoms with Crippen molar-refractivity contribution in [2.45, 2.75) is 70.5 Å². The first-order chi connectivity index (χ1) is 18.0. The van der Waals surface area contributed by atoms with Crippen molar-refractivity contribution in [3.05, 3.63) is 11.0 Å². The Bertz CT molecular complexity index is 1220. The second kappa shape index (κ2) is 13.6. The van der Waals surface area contributed by atoms with E-state index in [1.807, 2.05) is 0 Å². The van der Waals surface area contributed by atoms with Crippen LogP contribution < -0.4 is 5.73 Å². The molecule has 0 aromatic carbocycles. The summed E-state index contributed by atoms with van der Waals surface area (Å²) < 4.78 is 40.3. The molecular formula is C21H32N5O10PS. The number of ether oxygens (including phenoxy) is 3. The van der Waals surface area contributed by atoms with Crippen LogP contribution in [0.2, 0.25) is 0 Å². The number of nitrogens with zero attached hydrogens (tertiary/aromatic N) is 3. The Balaban J connectivity index is 1.56. The van der Waals surface area contributed by atoms with Gasteiger partial charge in [0.2, 0.25) is 5.95 Å². The summed E-state index contributed by atoms with van der Waals surface area (Å²) in [7, 11) is -4.67. The number of fused-ring (bicyclic) bond motifs is 1. The molecule has 0 radical (unpaired) electrons. The van der Waals surface area contributed by atoms with Crippen LogP contribution in [0.25, 0.3) is 11.2 Å². The molecule has 1 fully saturated rings. The minimum absolute atomic E-state index is 0.0832. The molecule has 2 aromatic heterocycles. The molecule has 0 aliphatic carbocycles. The number of carbonyl (C=O) groups excluding carboxylic acids is 2. The smallest absolute Gasteiger partial charge is 0.462 e. The van der Waals surface area contributed by atoms with Gasteiger partial charge in [0.1, 0.15) is 29.1 Å². The maximum absolute atomic E-state index is 12.5. The van der Waals surface area contributed by atoms with E-state index in [1.165, 1.54) is 6.33 Å². The predicted molar refractivity (Wildman–Crippen MR) is 134 cm³/mol. The maximum atomic E-state index is 12.5. The first kappa shape index (κ1) is 30.1. The number of hydrogen-bond donors (Lipinski definition) is 4. The van der Waals surface area contributed by atoms with Gasteiger partial charge >= 0.3 is 19.8 Å². The van der Waals surface area contributed by atoms with Crippen molar-refractivity contribution in [3.63, 3.8) is 0 Å². The molecule has 1 aliphatic rings. The number of hydrogen-bond acceptors (Lipinski definition) is 13. The third-order valence-electron chi connectivity index (χ3n) is 5.43. The van der Waals surface area contributed by atoms with Gasteiger partial charge in [-0.3, -0.25) is 23.2 Å². The van der Waals surface area contributed by atoms with Gasteiger partial charge in [-0.25, -0.2) is 9.55 Å². The molecule has 1 unspecified atom stereocenters. The normalized spacial score (nSPS) is 21.7. The standard InChI is InChI=1S/C21H32N5O10PS/c1-3-5-16(28)32-8-12(35-17(29)6-4-2)9-33-37(30,31)34-10-14-13(27)7-15(36-14)26-11-23-18-19(26)24-21(22)25-20(18)38/h11-15,27H,3-10H2,1-2H3,(H,30,31)(H3,22,24,25,38)/t12-,13+,14-,15-/m1/s1. The number of aliphatic hydroxyl groups excluding tert-OH is 1. The van der Waals surface area contributed by atoms with Gasteiger partial charge in [-0.15, -0.1) is 0 Å². The van der Waals surface area contributed by atoms with Crippen molar-refractivity contribution >= 4 is 49.1 Å². The van der Waals surface area contributed by atoms with E-state index < -0.39 is 57.5 Å². The zero-order chi connectivity index (χ0) is 27.9. The van der Waals surface area contributed by atoms with Gasteiger partial charge in [-0.2, -0.15) is 4.98 Å². The Morgan fingerprint density at radius 2 is 2.00 bits per heavy atom. The number of aromatic nitrogens is 4. The van der Waals surface area contributed by atoms with Crippen molar-refractivity contribution in [2.75, 3.05) is 25.6 Å². The quantitative estimate of drug-likeness (QED) is 0.144. The van der Waals surface area contributed by atoms with Crippen LogP contribution >= 0.6 is 20.0 Å². The zero-order valence-corrected chi connectivity index (χ0v) is 22.7. The van der Waals surface area contributed by atoms with E-state index in [9.17, 15) is 24.2 Å². The average Bonchev–Trinajstić information content (AvgIpc) is 3.43. The molecule has 0 bridgehead atoms. The summed E-state index contributed by atoms with van der Waals surface area (Å²) in [5, 5.41) is 10.4. The molecule has 3 rings (SSSR count). The lowest BCUT2D eigenvalue weighted by atomic mass is 10.2. The number of nitrogen functional groups attached to an aromatic ring is 1. The monoisotopic (exact) mass is 577 g/mol. The molecule has 17 heteroatoms. The number of aliphatic hydroxyl groups is 1. The summed E-state index contributed by atoms with van der Waals surface area (Å²) in [6.45, 7) is 2.19. The summed E-state index contributed by atoms with van der Waals surface area (Å²) in [4.78, 5) is 44.7. The number of phosphoric acid groups is 1. The van der Waals surface area contributed by atoms with Crippen molar-refractivity contribution in [3.8, 4) is 0 Å². The highest BCUT2D eigenvalue weighted by Gasteiger charge is 2.38. The molecule has 1 saturated heterocycles. The van der Waals surface area contributed by atoms with E-state index in [-0.39, 0.29) is 31.8 Å². The second-order valence-electron chi connectivity index (χ2n) is 8.56. The van der Waals surface area contributed by atoms with Gasteiger partial charge in [0.15, 0.2) is 11.8 Å². The van der Waals surface area contributed by atoms with Gasteiger partial charge in [-0.05, 0) is 12.8 Å². The number of phosphoric ester groups is 1. The van der Waals surface area contributed by atoms with Crippen molar-refractivity contribution in [2.24, 2.45) is 0 Å². The number of aromatic amines is 1. The predicted octanol–water partition coefficient (Wildman–Crippen LogP) is 1.91. The minimum Gasteiger partial charge on any atom is -0.462 e. The van der Waals surface area contributed by atoms with Crippen LogP contribution in [-0.2, 0) is 37.4 Å². The summed E-state index contributed by atoms with van der Waals surface area (Å²) in [5.41, 5.74) is 6.48. The Morgan fingerprint density at radius 3 is 2.71 bits per heavy atom. The van der Waals surface area contributed by atoms with Gasteiger partial charge in [-0.1, -0.05) is 26.1 Å². The molecule has 0 spiro atoms. The molecule has 2 aromatic rings. The number of anilines is 1. The lowest BCUT2D eigenvalue weighted by molar-refractivity contribution is -0.161. The molecule has 5 N–H and O–H groups in total. The van der Waals surface area contributed by atoms with Crippen LogP contribution in [0, 0.1) is 4.64 Å². The van der Waals surface area contributed by atoms with E-state index in [2.05, 4.69) is 15.0 Å². The fraction of sp³-hybridized carbons (Fsp3) is 0.667. The van der Waals surface area contributed by atoms with E-state index in [0.29, 0.717) is 28.6 Å². The Morgan fingerprint density at radius 1 is 1.29 bits per heavy atom. The largest absolute Gasteiger partial charge is 0.472 e. The molecule has 3 heterocycles. The van der Waals surface area contributed by atoms with Crippen LogP contribution in [0.5, 0.6) is 0 Å². The molecular weight excluding hydrogens is 545 g/mol. The number of rotatable bonds is 14. The number of imidazole rings is 1. The minimum atomic E-state index is -4.67. The molecule has 5 atom stereocenters. The second-order valence-corrected chi connectivity index (χ2v) is 10.4. The molecule has 0 saturated carbocycles. The van der Waals surface area contributed by atoms with E-state index in [0.717, 1.165) is 0 Å². The molecule has 15 nitrogen and oxygen atoms in total. The number of nitrogens with one attached hydrogen (secondary N) is 1. The molecule has 0 amide bonds. The summed E-state index contributed by atoms with van der Waals surface area (Å²) >= 11 is 5.19. The highest BCUT2D eigenvalue weighted by molar-refractivity contribution is 7.71. The van der Waals surface area contributed by atoms with Crippen LogP contribution in [-0.4, -0.2) is 79.6 Å². The first-order valence-electron chi connectivity index (χ1n) is 12.1. The molecule has 38 heavy (non-hydrogen) atoms. The zero-order valence-electron chi connectivity index (χ0n) is 21.0. The highest BCUT2D eigenvalue weighted by atomic mass is 32.1. The SMILES string of the molecule is CCCC(=O)OC[C@H](COP(=O)(O)OC[C@H]1O[C@@H](n2cnc3c(=S)[nH]c(N)nc32)C[C@@H]1O)OC(=O)CCC. The summed E-state index contributed by atoms with van der Waals surface area (Å²) in [6.07, 6.45) is -0.918. The van der Waals surface area contributed by atoms with Gasteiger partial charge in [0.05, 0.1) is 25.6 Å². The van der Waals surface area contributed by atoms with Gasteiger partial charge in [0.25, 0.3) is 0 Å². The number of esters is 2. The lowest BCUT2D eigenvalue weighted by Gasteiger charge is -2.21. The van der Waals surface area contributed by atoms with Crippen molar-refractivity contribution in [1.82, 2.24) is 19.5 Å². The van der Waals surface area contributed by atoms with E-state index >= 15 is 0 Å². The third-order valence-corrected chi connectivity index (χ3v) is 6.67. The van der Waals surface area contributed by atoms with Crippen LogP contribution in [0.3, 0.4) is 0 Å². The Labute approximate surface area is 223 Å². The number of H-pyrrole nitrogens is 1. The number of nitrogens with two attached hydrogens (primary N) is 1. The average molecular weight is 578 g/mol. The summed E-state index contributed by atoms with van der Waals surface area (Å²) in [5.74, 6) is -0.987. The Hall–Kier alpha value is -2.46. The fourth-order valence-corrected chi connectivity index (χ4v) is 4.61. The topological polar surface area (TPSA) is 210 Å². The maximum Gasteiger partial charge on any atom is 0.472 e. The lowest BCUT2D eigenvalue weighted by Crippen LogP contribution is -2.30. The highest BCUT2D eigenvalue weighted by Crippen LogP contribution is 2.44. The van der Waals surface area contributed by atoms with E-state index in [1.54, 1.807) is 18.4 Å². The summed E-state index contributed by atoms with van der Waals surface area (Å²) in [6, 6.07) is 0. The van der Waals surface area contributed by atoms with Crippen LogP contribution in [0.1, 0.15) is 52.2 Å². The van der Waals surface area contributed by atoms with E-state index in [4.69, 9.17) is 41.2 Å². The third kappa shape index (κ3) is 8.27.